The molecule has 0 fully saturated rings. The molecule has 0 aliphatic rings. The molecule has 2 N–H and O–H groups in total. The molecule has 2 aromatic rings. The van der Waals surface area contributed by atoms with Gasteiger partial charge in [0, 0.05) is 30.5 Å². The average molecular weight is 272 g/mol. The number of nitrogens with zero attached hydrogens (tertiary/aromatic N) is 2. The third-order valence-electron chi connectivity index (χ3n) is 3.26. The van der Waals surface area contributed by atoms with Gasteiger partial charge in [-0.2, -0.15) is 5.10 Å². The van der Waals surface area contributed by atoms with E-state index in [4.69, 9.17) is 0 Å². The predicted octanol–water partition coefficient (Wildman–Crippen LogP) is 2.19. The number of anilines is 1. The second-order valence-electron chi connectivity index (χ2n) is 4.48. The van der Waals surface area contributed by atoms with Crippen molar-refractivity contribution in [1.29, 1.82) is 0 Å². The number of hydrogen-bond donors (Lipinski definition) is 2. The Morgan fingerprint density at radius 3 is 2.45 bits per heavy atom. The van der Waals surface area contributed by atoms with Crippen molar-refractivity contribution in [2.24, 2.45) is 0 Å². The quantitative estimate of drug-likeness (QED) is 0.847. The van der Waals surface area contributed by atoms with Crippen molar-refractivity contribution in [3.63, 3.8) is 0 Å². The molecular formula is C15H20N4O. The van der Waals surface area contributed by atoms with E-state index in [1.54, 1.807) is 6.20 Å². The monoisotopic (exact) mass is 272 g/mol. The summed E-state index contributed by atoms with van der Waals surface area (Å²) in [5.74, 6) is -0.0781. The van der Waals surface area contributed by atoms with Crippen LogP contribution in [0.15, 0.2) is 36.5 Å². The van der Waals surface area contributed by atoms with Crippen molar-refractivity contribution >= 4 is 11.6 Å². The van der Waals surface area contributed by atoms with E-state index in [9.17, 15) is 4.79 Å². The zero-order valence-electron chi connectivity index (χ0n) is 11.9. The fourth-order valence-corrected chi connectivity index (χ4v) is 2.07. The molecule has 1 aromatic carbocycles. The normalized spacial score (nSPS) is 10.3. The van der Waals surface area contributed by atoms with Gasteiger partial charge in [-0.1, -0.05) is 0 Å². The van der Waals surface area contributed by atoms with Crippen LogP contribution in [0.3, 0.4) is 0 Å². The maximum atomic E-state index is 12.0. The number of nitrogens with one attached hydrogen (secondary N) is 2. The Morgan fingerprint density at radius 1 is 1.20 bits per heavy atom. The molecule has 0 radical (unpaired) electrons. The largest absolute Gasteiger partial charge is 0.372 e. The summed E-state index contributed by atoms with van der Waals surface area (Å²) < 4.78 is 0. The third kappa shape index (κ3) is 3.38. The van der Waals surface area contributed by atoms with Crippen molar-refractivity contribution in [2.75, 3.05) is 18.0 Å². The molecule has 2 rings (SSSR count). The SMILES string of the molecule is CCN(CC)c1ccc(C(=O)NCc2ccn[nH]2)cc1. The highest BCUT2D eigenvalue weighted by atomic mass is 16.1. The Kier molecular flexibility index (Phi) is 4.76. The summed E-state index contributed by atoms with van der Waals surface area (Å²) in [5, 5.41) is 9.51. The molecule has 1 aromatic heterocycles. The standard InChI is InChI=1S/C15H20N4O/c1-3-19(4-2)14-7-5-12(6-8-14)15(20)16-11-13-9-10-17-18-13/h5-10H,3-4,11H2,1-2H3,(H,16,20)(H,17,18). The van der Waals surface area contributed by atoms with E-state index >= 15 is 0 Å². The molecule has 0 bridgehead atoms. The molecule has 5 nitrogen and oxygen atoms in total. The van der Waals surface area contributed by atoms with Crippen LogP contribution in [0.25, 0.3) is 0 Å². The van der Waals surface area contributed by atoms with E-state index in [1.807, 2.05) is 30.3 Å². The summed E-state index contributed by atoms with van der Waals surface area (Å²) in [6, 6.07) is 9.52. The zero-order valence-corrected chi connectivity index (χ0v) is 11.9. The second kappa shape index (κ2) is 6.75. The highest BCUT2D eigenvalue weighted by Gasteiger charge is 2.07. The number of rotatable bonds is 6. The molecule has 106 valence electrons. The Balaban J connectivity index is 1.96. The molecule has 0 aliphatic heterocycles. The van der Waals surface area contributed by atoms with Crippen molar-refractivity contribution in [3.05, 3.63) is 47.8 Å². The smallest absolute Gasteiger partial charge is 0.251 e. The summed E-state index contributed by atoms with van der Waals surface area (Å²) in [4.78, 5) is 14.2. The van der Waals surface area contributed by atoms with Gasteiger partial charge in [-0.25, -0.2) is 0 Å². The highest BCUT2D eigenvalue weighted by Crippen LogP contribution is 2.14. The van der Waals surface area contributed by atoms with Gasteiger partial charge in [0.1, 0.15) is 0 Å². The maximum absolute atomic E-state index is 12.0. The summed E-state index contributed by atoms with van der Waals surface area (Å²) in [7, 11) is 0. The van der Waals surface area contributed by atoms with Crippen LogP contribution >= 0.6 is 0 Å². The van der Waals surface area contributed by atoms with E-state index in [0.29, 0.717) is 12.1 Å². The summed E-state index contributed by atoms with van der Waals surface area (Å²) >= 11 is 0. The Labute approximate surface area is 119 Å². The van der Waals surface area contributed by atoms with Gasteiger partial charge in [-0.05, 0) is 44.2 Å². The molecule has 0 aliphatic carbocycles. The van der Waals surface area contributed by atoms with Crippen LogP contribution in [0.5, 0.6) is 0 Å². The van der Waals surface area contributed by atoms with Crippen LogP contribution in [0.1, 0.15) is 29.9 Å². The Hall–Kier alpha value is -2.30. The minimum absolute atomic E-state index is 0.0781. The summed E-state index contributed by atoms with van der Waals surface area (Å²) in [6.45, 7) is 6.61. The van der Waals surface area contributed by atoms with Gasteiger partial charge in [-0.15, -0.1) is 0 Å². The minimum atomic E-state index is -0.0781. The van der Waals surface area contributed by atoms with Gasteiger partial charge in [-0.3, -0.25) is 9.89 Å². The van der Waals surface area contributed by atoms with Crippen LogP contribution < -0.4 is 10.2 Å². The van der Waals surface area contributed by atoms with Gasteiger partial charge in [0.05, 0.1) is 12.2 Å². The van der Waals surface area contributed by atoms with Gasteiger partial charge >= 0.3 is 0 Å². The van der Waals surface area contributed by atoms with E-state index in [2.05, 4.69) is 34.3 Å². The Bertz CT molecular complexity index is 530. The van der Waals surface area contributed by atoms with Crippen molar-refractivity contribution in [2.45, 2.75) is 20.4 Å². The number of amides is 1. The van der Waals surface area contributed by atoms with Gasteiger partial charge in [0.2, 0.25) is 0 Å². The first-order valence-electron chi connectivity index (χ1n) is 6.86. The third-order valence-corrected chi connectivity index (χ3v) is 3.26. The van der Waals surface area contributed by atoms with Crippen molar-refractivity contribution in [3.8, 4) is 0 Å². The lowest BCUT2D eigenvalue weighted by Crippen LogP contribution is -2.24. The molecule has 0 saturated heterocycles. The number of carbonyl (C=O) groups is 1. The van der Waals surface area contributed by atoms with E-state index < -0.39 is 0 Å². The first-order chi connectivity index (χ1) is 9.74. The van der Waals surface area contributed by atoms with Gasteiger partial charge < -0.3 is 10.2 Å². The van der Waals surface area contributed by atoms with Crippen LogP contribution in [0, 0.1) is 0 Å². The summed E-state index contributed by atoms with van der Waals surface area (Å²) in [5.41, 5.74) is 2.69. The van der Waals surface area contributed by atoms with Crippen LogP contribution in [0.4, 0.5) is 5.69 Å². The highest BCUT2D eigenvalue weighted by molar-refractivity contribution is 5.94. The van der Waals surface area contributed by atoms with Crippen molar-refractivity contribution < 1.29 is 4.79 Å². The van der Waals surface area contributed by atoms with E-state index in [0.717, 1.165) is 24.5 Å². The second-order valence-corrected chi connectivity index (χ2v) is 4.48. The molecule has 0 saturated carbocycles. The predicted molar refractivity (Wildman–Crippen MR) is 79.8 cm³/mol. The topological polar surface area (TPSA) is 61.0 Å². The minimum Gasteiger partial charge on any atom is -0.372 e. The molecular weight excluding hydrogens is 252 g/mol. The van der Waals surface area contributed by atoms with Crippen LogP contribution in [-0.4, -0.2) is 29.2 Å². The number of hydrogen-bond acceptors (Lipinski definition) is 3. The van der Waals surface area contributed by atoms with E-state index in [-0.39, 0.29) is 5.91 Å². The molecule has 1 heterocycles. The average Bonchev–Trinajstić information content (AvgIpc) is 3.00. The van der Waals surface area contributed by atoms with Crippen LogP contribution in [0.2, 0.25) is 0 Å². The number of benzene rings is 1. The number of H-pyrrole nitrogens is 1. The molecule has 5 heteroatoms. The van der Waals surface area contributed by atoms with Gasteiger partial charge in [0.15, 0.2) is 0 Å². The molecule has 0 atom stereocenters. The summed E-state index contributed by atoms with van der Waals surface area (Å²) in [6.07, 6.45) is 1.67. The maximum Gasteiger partial charge on any atom is 0.251 e. The molecule has 0 unspecified atom stereocenters. The number of aromatic amines is 1. The van der Waals surface area contributed by atoms with E-state index in [1.165, 1.54) is 0 Å². The zero-order chi connectivity index (χ0) is 14.4. The lowest BCUT2D eigenvalue weighted by Gasteiger charge is -2.21. The molecule has 1 amide bonds. The molecule has 0 spiro atoms. The van der Waals surface area contributed by atoms with Crippen LogP contribution in [-0.2, 0) is 6.54 Å². The first-order valence-corrected chi connectivity index (χ1v) is 6.86. The first kappa shape index (κ1) is 14.1. The number of carbonyl (C=O) groups excluding carboxylic acids is 1. The van der Waals surface area contributed by atoms with Crippen molar-refractivity contribution in [1.82, 2.24) is 15.5 Å². The number of aromatic nitrogens is 2. The van der Waals surface area contributed by atoms with Gasteiger partial charge in [0.25, 0.3) is 5.91 Å². The lowest BCUT2D eigenvalue weighted by molar-refractivity contribution is 0.0950. The molecule has 20 heavy (non-hydrogen) atoms. The Morgan fingerprint density at radius 2 is 1.90 bits per heavy atom. The fraction of sp³-hybridized carbons (Fsp3) is 0.333. The fourth-order valence-electron chi connectivity index (χ4n) is 2.07. The lowest BCUT2D eigenvalue weighted by atomic mass is 10.2.